The first-order valence-corrected chi connectivity index (χ1v) is 9.74. The fourth-order valence-corrected chi connectivity index (χ4v) is 5.17. The highest BCUT2D eigenvalue weighted by atomic mass is 32.1. The minimum Gasteiger partial charge on any atom is -0.308 e. The Morgan fingerprint density at radius 2 is 2.10 bits per heavy atom. The summed E-state index contributed by atoms with van der Waals surface area (Å²) in [5, 5.41) is 6.21. The Kier molecular flexibility index (Phi) is 4.08. The Balaban J connectivity index is 1.43. The van der Waals surface area contributed by atoms with Crippen molar-refractivity contribution in [1.29, 1.82) is 0 Å². The number of piperazine rings is 1. The van der Waals surface area contributed by atoms with E-state index in [1.807, 2.05) is 11.3 Å². The third kappa shape index (κ3) is 3.20. The van der Waals surface area contributed by atoms with E-state index >= 15 is 0 Å². The van der Waals surface area contributed by atoms with Crippen LogP contribution in [-0.4, -0.2) is 36.1 Å². The maximum Gasteiger partial charge on any atom is 0.0309 e. The van der Waals surface area contributed by atoms with E-state index < -0.39 is 0 Å². The molecular weight excluding hydrogens is 276 g/mol. The average Bonchev–Trinajstić information content (AvgIpc) is 3.22. The summed E-state index contributed by atoms with van der Waals surface area (Å²) in [7, 11) is 0. The zero-order valence-corrected chi connectivity index (χ0v) is 13.8. The molecule has 3 aliphatic rings. The van der Waals surface area contributed by atoms with Crippen LogP contribution in [0.25, 0.3) is 0 Å². The Labute approximate surface area is 132 Å². The van der Waals surface area contributed by atoms with Gasteiger partial charge in [-0.3, -0.25) is 4.90 Å². The Morgan fingerprint density at radius 1 is 1.24 bits per heavy atom. The number of thiophene rings is 1. The van der Waals surface area contributed by atoms with E-state index in [0.29, 0.717) is 5.54 Å². The van der Waals surface area contributed by atoms with Crippen molar-refractivity contribution in [2.24, 2.45) is 5.92 Å². The second kappa shape index (κ2) is 6.02. The van der Waals surface area contributed by atoms with E-state index in [-0.39, 0.29) is 0 Å². The topological polar surface area (TPSA) is 15.3 Å². The van der Waals surface area contributed by atoms with Crippen molar-refractivity contribution in [2.75, 3.05) is 19.6 Å². The number of nitrogens with zero attached hydrogens (tertiary/aromatic N) is 1. The molecule has 0 aromatic carbocycles. The van der Waals surface area contributed by atoms with Crippen LogP contribution in [0.15, 0.2) is 17.5 Å². The summed E-state index contributed by atoms with van der Waals surface area (Å²) in [6.45, 7) is 3.82. The van der Waals surface area contributed by atoms with Gasteiger partial charge in [0.1, 0.15) is 0 Å². The van der Waals surface area contributed by atoms with Crippen LogP contribution in [-0.2, 0) is 6.42 Å². The standard InChI is InChI=1S/C18H28N2S/c1-2-9-18(10-3-1)14-20(11-8-16-5-4-12-21-16)17(13-19-18)15-6-7-15/h4-5,12,15,17,19H,1-3,6-11,13-14H2. The van der Waals surface area contributed by atoms with Crippen molar-refractivity contribution in [1.82, 2.24) is 10.2 Å². The molecule has 0 radical (unpaired) electrons. The van der Waals surface area contributed by atoms with E-state index in [0.717, 1.165) is 12.0 Å². The maximum atomic E-state index is 3.99. The molecule has 2 nitrogen and oxygen atoms in total. The molecule has 1 unspecified atom stereocenters. The van der Waals surface area contributed by atoms with Gasteiger partial charge in [0, 0.05) is 36.1 Å². The lowest BCUT2D eigenvalue weighted by Crippen LogP contribution is -2.65. The van der Waals surface area contributed by atoms with Gasteiger partial charge in [0.05, 0.1) is 0 Å². The minimum absolute atomic E-state index is 0.457. The highest BCUT2D eigenvalue weighted by Crippen LogP contribution is 2.40. The van der Waals surface area contributed by atoms with Crippen molar-refractivity contribution in [3.63, 3.8) is 0 Å². The molecule has 1 aromatic rings. The van der Waals surface area contributed by atoms with Crippen LogP contribution < -0.4 is 5.32 Å². The smallest absolute Gasteiger partial charge is 0.0309 e. The van der Waals surface area contributed by atoms with Crippen molar-refractivity contribution in [2.45, 2.75) is 62.9 Å². The highest BCUT2D eigenvalue weighted by molar-refractivity contribution is 7.09. The minimum atomic E-state index is 0.457. The van der Waals surface area contributed by atoms with E-state index in [1.165, 1.54) is 71.0 Å². The molecule has 1 N–H and O–H groups in total. The molecule has 4 rings (SSSR count). The van der Waals surface area contributed by atoms with E-state index in [2.05, 4.69) is 27.7 Å². The lowest BCUT2D eigenvalue weighted by Gasteiger charge is -2.50. The lowest BCUT2D eigenvalue weighted by molar-refractivity contribution is 0.0475. The first kappa shape index (κ1) is 14.2. The zero-order chi connectivity index (χ0) is 14.1. The summed E-state index contributed by atoms with van der Waals surface area (Å²) in [4.78, 5) is 4.42. The quantitative estimate of drug-likeness (QED) is 0.913. The number of nitrogens with one attached hydrogen (secondary N) is 1. The molecule has 1 aliphatic heterocycles. The molecule has 2 aliphatic carbocycles. The Bertz CT molecular complexity index is 446. The Hall–Kier alpha value is -0.380. The van der Waals surface area contributed by atoms with Crippen molar-refractivity contribution >= 4 is 11.3 Å². The molecule has 3 fully saturated rings. The second-order valence-electron chi connectivity index (χ2n) is 7.43. The average molecular weight is 305 g/mol. The van der Waals surface area contributed by atoms with Gasteiger partial charge in [-0.2, -0.15) is 0 Å². The van der Waals surface area contributed by atoms with Gasteiger partial charge in [0.25, 0.3) is 0 Å². The molecule has 1 saturated heterocycles. The summed E-state index contributed by atoms with van der Waals surface area (Å²) in [5.41, 5.74) is 0.457. The third-order valence-corrected chi connectivity index (χ3v) is 6.80. The predicted molar refractivity (Wildman–Crippen MR) is 89.9 cm³/mol. The van der Waals surface area contributed by atoms with Gasteiger partial charge < -0.3 is 5.32 Å². The molecule has 1 spiro atoms. The predicted octanol–water partition coefficient (Wildman–Crippen LogP) is 3.68. The zero-order valence-electron chi connectivity index (χ0n) is 13.0. The van der Waals surface area contributed by atoms with Crippen LogP contribution in [0.2, 0.25) is 0 Å². The summed E-state index contributed by atoms with van der Waals surface area (Å²) in [6, 6.07) is 5.31. The molecule has 1 atom stereocenters. The molecule has 21 heavy (non-hydrogen) atoms. The monoisotopic (exact) mass is 304 g/mol. The van der Waals surface area contributed by atoms with Crippen molar-refractivity contribution < 1.29 is 0 Å². The number of rotatable bonds is 4. The lowest BCUT2D eigenvalue weighted by atomic mass is 9.79. The van der Waals surface area contributed by atoms with Crippen LogP contribution >= 0.6 is 11.3 Å². The van der Waals surface area contributed by atoms with Crippen LogP contribution in [0.1, 0.15) is 49.8 Å². The fraction of sp³-hybridized carbons (Fsp3) is 0.778. The first-order chi connectivity index (χ1) is 10.3. The van der Waals surface area contributed by atoms with Gasteiger partial charge >= 0.3 is 0 Å². The third-order valence-electron chi connectivity index (χ3n) is 5.86. The van der Waals surface area contributed by atoms with Gasteiger partial charge in [-0.25, -0.2) is 0 Å². The molecule has 0 amide bonds. The van der Waals surface area contributed by atoms with Crippen LogP contribution in [0.3, 0.4) is 0 Å². The van der Waals surface area contributed by atoms with Crippen LogP contribution in [0.5, 0.6) is 0 Å². The van der Waals surface area contributed by atoms with Gasteiger partial charge in [0.15, 0.2) is 0 Å². The highest BCUT2D eigenvalue weighted by Gasteiger charge is 2.44. The van der Waals surface area contributed by atoms with E-state index in [4.69, 9.17) is 0 Å². The molecule has 3 heteroatoms. The van der Waals surface area contributed by atoms with Gasteiger partial charge in [-0.1, -0.05) is 25.3 Å². The van der Waals surface area contributed by atoms with Crippen molar-refractivity contribution in [3.05, 3.63) is 22.4 Å². The van der Waals surface area contributed by atoms with Crippen LogP contribution in [0.4, 0.5) is 0 Å². The molecule has 116 valence electrons. The van der Waals surface area contributed by atoms with E-state index in [9.17, 15) is 0 Å². The SMILES string of the molecule is c1csc(CCN2CC3(CCCCC3)NCC2C2CC2)c1. The number of hydrogen-bond acceptors (Lipinski definition) is 3. The fourth-order valence-electron chi connectivity index (χ4n) is 4.47. The van der Waals surface area contributed by atoms with Crippen molar-refractivity contribution in [3.8, 4) is 0 Å². The van der Waals surface area contributed by atoms with Gasteiger partial charge in [0.2, 0.25) is 0 Å². The molecule has 1 aromatic heterocycles. The normalized spacial score (nSPS) is 29.8. The molecular formula is C18H28N2S. The maximum absolute atomic E-state index is 3.99. The largest absolute Gasteiger partial charge is 0.308 e. The Morgan fingerprint density at radius 3 is 2.81 bits per heavy atom. The summed E-state index contributed by atoms with van der Waals surface area (Å²) < 4.78 is 0. The summed E-state index contributed by atoms with van der Waals surface area (Å²) >= 11 is 1.92. The molecule has 2 saturated carbocycles. The molecule has 0 bridgehead atoms. The van der Waals surface area contributed by atoms with Gasteiger partial charge in [-0.05, 0) is 49.5 Å². The van der Waals surface area contributed by atoms with E-state index in [1.54, 1.807) is 4.88 Å². The number of hydrogen-bond donors (Lipinski definition) is 1. The first-order valence-electron chi connectivity index (χ1n) is 8.86. The van der Waals surface area contributed by atoms with Crippen LogP contribution in [0, 0.1) is 5.92 Å². The van der Waals surface area contributed by atoms with Gasteiger partial charge in [-0.15, -0.1) is 11.3 Å². The molecule has 2 heterocycles. The second-order valence-corrected chi connectivity index (χ2v) is 8.46. The summed E-state index contributed by atoms with van der Waals surface area (Å²) in [5.74, 6) is 0.988. The summed E-state index contributed by atoms with van der Waals surface area (Å²) in [6.07, 6.45) is 11.3.